The summed E-state index contributed by atoms with van der Waals surface area (Å²) in [6, 6.07) is 14.5. The second kappa shape index (κ2) is 9.45. The molecule has 38 heavy (non-hydrogen) atoms. The Kier molecular flexibility index (Phi) is 6.22. The van der Waals surface area contributed by atoms with Crippen molar-refractivity contribution in [1.29, 1.82) is 0 Å². The number of carbonyl (C=O) groups excluding carboxylic acids is 2. The molecule has 2 amide bonds. The molecule has 2 heterocycles. The molecule has 2 N–H and O–H groups in total. The molecular formula is C31H35FN4O2. The smallest absolute Gasteiger partial charge is 0.253 e. The molecule has 2 aliphatic carbocycles. The third kappa shape index (κ3) is 4.92. The van der Waals surface area contributed by atoms with Gasteiger partial charge in [0.05, 0.1) is 17.6 Å². The van der Waals surface area contributed by atoms with E-state index in [9.17, 15) is 14.0 Å². The Bertz CT molecular complexity index is 1410. The van der Waals surface area contributed by atoms with Crippen molar-refractivity contribution in [3.8, 4) is 0 Å². The largest absolute Gasteiger partial charge is 0.347 e. The van der Waals surface area contributed by atoms with Crippen LogP contribution in [0.4, 0.5) is 4.39 Å². The molecule has 1 aromatic heterocycles. The van der Waals surface area contributed by atoms with Crippen LogP contribution < -0.4 is 10.6 Å². The summed E-state index contributed by atoms with van der Waals surface area (Å²) in [6.07, 6.45) is 6.47. The molecule has 4 unspecified atom stereocenters. The Morgan fingerprint density at radius 1 is 1.08 bits per heavy atom. The van der Waals surface area contributed by atoms with Crippen LogP contribution in [0.1, 0.15) is 67.4 Å². The van der Waals surface area contributed by atoms with E-state index in [-0.39, 0.29) is 35.3 Å². The van der Waals surface area contributed by atoms with Crippen LogP contribution in [0.2, 0.25) is 0 Å². The summed E-state index contributed by atoms with van der Waals surface area (Å²) in [7, 11) is 0. The monoisotopic (exact) mass is 514 g/mol. The third-order valence-electron chi connectivity index (χ3n) is 8.75. The van der Waals surface area contributed by atoms with Crippen molar-refractivity contribution in [2.45, 2.75) is 70.1 Å². The highest BCUT2D eigenvalue weighted by molar-refractivity contribution is 5.97. The number of nitrogens with zero attached hydrogens (tertiary/aromatic N) is 2. The van der Waals surface area contributed by atoms with E-state index < -0.39 is 0 Å². The molecule has 2 aromatic carbocycles. The van der Waals surface area contributed by atoms with E-state index in [1.54, 1.807) is 17.2 Å². The Balaban J connectivity index is 1.15. The molecule has 3 aromatic rings. The molecule has 3 aliphatic rings. The van der Waals surface area contributed by atoms with E-state index in [2.05, 4.69) is 29.5 Å². The topological polar surface area (TPSA) is 74.3 Å². The highest BCUT2D eigenvalue weighted by Crippen LogP contribution is 2.49. The number of hydrogen-bond donors (Lipinski definition) is 2. The lowest BCUT2D eigenvalue weighted by molar-refractivity contribution is -0.131. The maximum absolute atomic E-state index is 13.6. The Morgan fingerprint density at radius 2 is 1.89 bits per heavy atom. The highest BCUT2D eigenvalue weighted by Gasteiger charge is 2.50. The van der Waals surface area contributed by atoms with Crippen molar-refractivity contribution in [3.05, 3.63) is 77.2 Å². The molecule has 6 rings (SSSR count). The van der Waals surface area contributed by atoms with Crippen LogP contribution in [0.25, 0.3) is 10.9 Å². The van der Waals surface area contributed by atoms with Gasteiger partial charge in [-0.3, -0.25) is 14.6 Å². The number of amides is 2. The van der Waals surface area contributed by atoms with E-state index >= 15 is 0 Å². The van der Waals surface area contributed by atoms with Crippen molar-refractivity contribution in [3.63, 3.8) is 0 Å². The van der Waals surface area contributed by atoms with Crippen LogP contribution in [-0.2, 0) is 17.9 Å². The average Bonchev–Trinajstić information content (AvgIpc) is 3.29. The van der Waals surface area contributed by atoms with Gasteiger partial charge in [-0.05, 0) is 86.3 Å². The van der Waals surface area contributed by atoms with Crippen molar-refractivity contribution < 1.29 is 14.0 Å². The second-order valence-electron chi connectivity index (χ2n) is 12.2. The molecule has 4 atom stereocenters. The summed E-state index contributed by atoms with van der Waals surface area (Å²) < 4.78 is 13.6. The minimum atomic E-state index is -0.386. The molecular weight excluding hydrogens is 479 g/mol. The normalized spacial score (nSPS) is 28.2. The molecule has 0 spiro atoms. The van der Waals surface area contributed by atoms with E-state index in [1.165, 1.54) is 12.1 Å². The number of halogens is 1. The molecule has 7 heteroatoms. The molecule has 6 nitrogen and oxygen atoms in total. The van der Waals surface area contributed by atoms with Gasteiger partial charge < -0.3 is 15.5 Å². The number of hydrogen-bond acceptors (Lipinski definition) is 4. The van der Waals surface area contributed by atoms with Crippen molar-refractivity contribution in [2.24, 2.45) is 11.8 Å². The maximum atomic E-state index is 13.6. The lowest BCUT2D eigenvalue weighted by atomic mass is 9.58. The van der Waals surface area contributed by atoms with Gasteiger partial charge in [0, 0.05) is 35.8 Å². The van der Waals surface area contributed by atoms with Gasteiger partial charge in [-0.2, -0.15) is 0 Å². The molecule has 2 bridgehead atoms. The highest BCUT2D eigenvalue weighted by atomic mass is 19.1. The number of rotatable bonds is 5. The minimum Gasteiger partial charge on any atom is -0.347 e. The van der Waals surface area contributed by atoms with E-state index in [0.29, 0.717) is 30.5 Å². The second-order valence-corrected chi connectivity index (χ2v) is 12.2. The summed E-state index contributed by atoms with van der Waals surface area (Å²) in [5.41, 5.74) is 2.74. The number of benzene rings is 2. The quantitative estimate of drug-likeness (QED) is 0.505. The predicted octanol–water partition coefficient (Wildman–Crippen LogP) is 4.96. The van der Waals surface area contributed by atoms with Gasteiger partial charge in [-0.1, -0.05) is 31.2 Å². The van der Waals surface area contributed by atoms with Gasteiger partial charge in [0.1, 0.15) is 5.82 Å². The number of carbonyl (C=O) groups is 2. The van der Waals surface area contributed by atoms with Gasteiger partial charge in [0.15, 0.2) is 0 Å². The van der Waals surface area contributed by atoms with E-state index in [0.717, 1.165) is 54.1 Å². The molecule has 0 radical (unpaired) electrons. The van der Waals surface area contributed by atoms with Crippen LogP contribution >= 0.6 is 0 Å². The predicted molar refractivity (Wildman–Crippen MR) is 145 cm³/mol. The number of nitrogens with one attached hydrogen (secondary N) is 2. The Labute approximate surface area is 223 Å². The first-order valence-corrected chi connectivity index (χ1v) is 13.7. The number of aromatic nitrogens is 1. The van der Waals surface area contributed by atoms with Crippen molar-refractivity contribution in [2.75, 3.05) is 6.54 Å². The van der Waals surface area contributed by atoms with Gasteiger partial charge in [-0.25, -0.2) is 4.39 Å². The Hall–Kier alpha value is -3.32. The summed E-state index contributed by atoms with van der Waals surface area (Å²) in [4.78, 5) is 32.8. The van der Waals surface area contributed by atoms with Crippen molar-refractivity contribution >= 4 is 22.7 Å². The zero-order valence-corrected chi connectivity index (χ0v) is 22.1. The fourth-order valence-corrected chi connectivity index (χ4v) is 7.55. The average molecular weight is 515 g/mol. The van der Waals surface area contributed by atoms with Crippen LogP contribution in [-0.4, -0.2) is 39.3 Å². The zero-order valence-electron chi connectivity index (χ0n) is 22.1. The van der Waals surface area contributed by atoms with Gasteiger partial charge in [0.25, 0.3) is 5.91 Å². The molecule has 1 aliphatic heterocycles. The fraction of sp³-hybridized carbons (Fsp3) is 0.452. The zero-order chi connectivity index (χ0) is 26.5. The van der Waals surface area contributed by atoms with E-state index in [4.69, 9.17) is 0 Å². The SMILES string of the molecule is CC1CC2CC(C)(NC(=O)c3cnc4ccccc4c3)CC(NCC(=O)N3Cc4ccc(F)cc4C3)(C1)C2. The standard InChI is InChI=1S/C31H35FN4O2/c1-20-9-21-13-30(2,35-29(38)24-10-22-5-3-4-6-27(22)33-15-24)19-31(12-20,14-21)34-16-28(37)36-17-23-7-8-26(32)11-25(23)18-36/h3-8,10-11,15,20-21,34H,9,12-14,16-19H2,1-2H3,(H,35,38). The summed E-state index contributed by atoms with van der Waals surface area (Å²) in [6.45, 7) is 5.65. The first-order chi connectivity index (χ1) is 18.2. The maximum Gasteiger partial charge on any atom is 0.253 e. The number of para-hydroxylation sites is 1. The van der Waals surface area contributed by atoms with Crippen LogP contribution in [0.15, 0.2) is 54.7 Å². The fourth-order valence-electron chi connectivity index (χ4n) is 7.55. The summed E-state index contributed by atoms with van der Waals surface area (Å²) in [5.74, 6) is 0.700. The van der Waals surface area contributed by atoms with E-state index in [1.807, 2.05) is 30.3 Å². The van der Waals surface area contributed by atoms with Gasteiger partial charge >= 0.3 is 0 Å². The first kappa shape index (κ1) is 25.0. The molecule has 0 saturated heterocycles. The summed E-state index contributed by atoms with van der Waals surface area (Å²) >= 11 is 0. The first-order valence-electron chi connectivity index (χ1n) is 13.7. The van der Waals surface area contributed by atoms with Crippen LogP contribution in [0.3, 0.4) is 0 Å². The lowest BCUT2D eigenvalue weighted by Gasteiger charge is -2.55. The van der Waals surface area contributed by atoms with Crippen LogP contribution in [0.5, 0.6) is 0 Å². The van der Waals surface area contributed by atoms with Crippen molar-refractivity contribution in [1.82, 2.24) is 20.5 Å². The lowest BCUT2D eigenvalue weighted by Crippen LogP contribution is -2.64. The number of pyridine rings is 1. The van der Waals surface area contributed by atoms with Gasteiger partial charge in [0.2, 0.25) is 5.91 Å². The third-order valence-corrected chi connectivity index (χ3v) is 8.75. The molecule has 2 fully saturated rings. The van der Waals surface area contributed by atoms with Gasteiger partial charge in [-0.15, -0.1) is 0 Å². The Morgan fingerprint density at radius 3 is 2.76 bits per heavy atom. The molecule has 198 valence electrons. The minimum absolute atomic E-state index is 0.0318. The summed E-state index contributed by atoms with van der Waals surface area (Å²) in [5, 5.41) is 7.98. The number of fused-ring (bicyclic) bond motifs is 4. The molecule has 2 saturated carbocycles. The van der Waals surface area contributed by atoms with Crippen LogP contribution in [0, 0.1) is 17.7 Å².